The molecule has 0 aliphatic carbocycles. The molecule has 0 bridgehead atoms. The van der Waals surface area contributed by atoms with E-state index < -0.39 is 0 Å². The predicted molar refractivity (Wildman–Crippen MR) is 61.8 cm³/mol. The van der Waals surface area contributed by atoms with E-state index in [0.29, 0.717) is 5.01 Å². The Morgan fingerprint density at radius 1 is 1.19 bits per heavy atom. The van der Waals surface area contributed by atoms with E-state index in [1.54, 1.807) is 17.5 Å². The summed E-state index contributed by atoms with van der Waals surface area (Å²) in [6.45, 7) is 0. The number of nitrogens with zero attached hydrogens (tertiary/aromatic N) is 2. The number of aromatic hydroxyl groups is 1. The van der Waals surface area contributed by atoms with Crippen LogP contribution in [0.4, 0.5) is 0 Å². The standard InChI is InChI=1S/C10H6N2O2S2/c13-5-1-2-6-7(3-5)16-10(11-6)9-12-8(14)4-15-9/h1-4,13-14H/p-1. The summed E-state index contributed by atoms with van der Waals surface area (Å²) in [5.41, 5.74) is 0.786. The smallest absolute Gasteiger partial charge is 0.222 e. The second-order valence-corrected chi connectivity index (χ2v) is 5.05. The summed E-state index contributed by atoms with van der Waals surface area (Å²) in [7, 11) is 0. The second-order valence-electron chi connectivity index (χ2n) is 3.16. The van der Waals surface area contributed by atoms with Crippen molar-refractivity contribution in [2.24, 2.45) is 0 Å². The van der Waals surface area contributed by atoms with Gasteiger partial charge in [0.1, 0.15) is 0 Å². The van der Waals surface area contributed by atoms with Crippen LogP contribution in [-0.4, -0.2) is 15.1 Å². The van der Waals surface area contributed by atoms with E-state index in [1.807, 2.05) is 0 Å². The van der Waals surface area contributed by atoms with Crippen molar-refractivity contribution in [3.63, 3.8) is 0 Å². The Hall–Kier alpha value is -1.66. The third kappa shape index (κ3) is 1.52. The summed E-state index contributed by atoms with van der Waals surface area (Å²) in [5.74, 6) is -0.0199. The minimum absolute atomic E-state index is 0.00349. The van der Waals surface area contributed by atoms with Gasteiger partial charge in [-0.3, -0.25) is 0 Å². The molecule has 1 aromatic carbocycles. The monoisotopic (exact) mass is 249 g/mol. The van der Waals surface area contributed by atoms with Crippen molar-refractivity contribution in [1.29, 1.82) is 0 Å². The molecule has 0 atom stereocenters. The van der Waals surface area contributed by atoms with Crippen LogP contribution in [0.25, 0.3) is 20.2 Å². The molecular formula is C10H5N2O2S2-. The van der Waals surface area contributed by atoms with Crippen molar-refractivity contribution in [2.75, 3.05) is 0 Å². The minimum Gasteiger partial charge on any atom is -0.872 e. The quantitative estimate of drug-likeness (QED) is 0.717. The molecule has 1 N–H and O–H groups in total. The lowest BCUT2D eigenvalue weighted by Gasteiger charge is -2.00. The molecule has 16 heavy (non-hydrogen) atoms. The van der Waals surface area contributed by atoms with Crippen LogP contribution in [0.3, 0.4) is 0 Å². The molecule has 0 amide bonds. The molecule has 3 aromatic rings. The van der Waals surface area contributed by atoms with Gasteiger partial charge in [-0.25, -0.2) is 4.98 Å². The molecule has 0 radical (unpaired) electrons. The first kappa shape index (κ1) is 9.56. The summed E-state index contributed by atoms with van der Waals surface area (Å²) >= 11 is 2.73. The number of benzene rings is 1. The first-order valence-electron chi connectivity index (χ1n) is 4.45. The van der Waals surface area contributed by atoms with Gasteiger partial charge in [0.05, 0.1) is 15.6 Å². The second kappa shape index (κ2) is 3.43. The van der Waals surface area contributed by atoms with Gasteiger partial charge >= 0.3 is 0 Å². The van der Waals surface area contributed by atoms with Gasteiger partial charge in [0.15, 0.2) is 10.0 Å². The lowest BCUT2D eigenvalue weighted by atomic mass is 10.3. The molecule has 4 nitrogen and oxygen atoms in total. The Balaban J connectivity index is 2.18. The Labute approximate surface area is 98.5 Å². The average molecular weight is 249 g/mol. The normalized spacial score (nSPS) is 11.0. The highest BCUT2D eigenvalue weighted by Gasteiger charge is 2.09. The zero-order valence-corrected chi connectivity index (χ0v) is 9.51. The molecule has 0 saturated heterocycles. The highest BCUT2D eigenvalue weighted by molar-refractivity contribution is 7.25. The topological polar surface area (TPSA) is 69.1 Å². The summed E-state index contributed by atoms with van der Waals surface area (Å²) in [5, 5.41) is 23.3. The Kier molecular flexibility index (Phi) is 2.05. The van der Waals surface area contributed by atoms with Crippen LogP contribution in [0.5, 0.6) is 11.6 Å². The molecule has 0 aliphatic rings. The molecule has 0 aliphatic heterocycles. The summed E-state index contributed by atoms with van der Waals surface area (Å²) in [6.07, 6.45) is 0. The molecule has 2 aromatic heterocycles. The fraction of sp³-hybridized carbons (Fsp3) is 0. The van der Waals surface area contributed by atoms with Crippen LogP contribution >= 0.6 is 22.7 Å². The van der Waals surface area contributed by atoms with Crippen LogP contribution in [-0.2, 0) is 0 Å². The van der Waals surface area contributed by atoms with E-state index in [1.165, 1.54) is 28.7 Å². The molecule has 0 unspecified atom stereocenters. The Morgan fingerprint density at radius 2 is 2.06 bits per heavy atom. The maximum Gasteiger partial charge on any atom is 0.222 e. The summed E-state index contributed by atoms with van der Waals surface area (Å²) in [6, 6.07) is 4.75. The van der Waals surface area contributed by atoms with Gasteiger partial charge in [-0.2, -0.15) is 4.98 Å². The molecule has 6 heteroatoms. The SMILES string of the molecule is [O-]c1ccc2nc(-c3nc(O)cs3)sc2c1. The van der Waals surface area contributed by atoms with E-state index in [9.17, 15) is 5.11 Å². The molecular weight excluding hydrogens is 244 g/mol. The molecule has 80 valence electrons. The zero-order valence-electron chi connectivity index (χ0n) is 7.88. The van der Waals surface area contributed by atoms with E-state index in [2.05, 4.69) is 9.97 Å². The van der Waals surface area contributed by atoms with Crippen LogP contribution in [0.15, 0.2) is 23.6 Å². The molecule has 3 rings (SSSR count). The van der Waals surface area contributed by atoms with Crippen molar-refractivity contribution < 1.29 is 10.2 Å². The van der Waals surface area contributed by atoms with Gasteiger partial charge in [0, 0.05) is 0 Å². The maximum absolute atomic E-state index is 11.2. The fourth-order valence-corrected chi connectivity index (χ4v) is 3.07. The van der Waals surface area contributed by atoms with E-state index in [0.717, 1.165) is 15.2 Å². The van der Waals surface area contributed by atoms with Crippen LogP contribution in [0.2, 0.25) is 0 Å². The fourth-order valence-electron chi connectivity index (χ4n) is 1.36. The van der Waals surface area contributed by atoms with E-state index >= 15 is 0 Å². The van der Waals surface area contributed by atoms with Crippen molar-refractivity contribution in [1.82, 2.24) is 9.97 Å². The number of rotatable bonds is 1. The van der Waals surface area contributed by atoms with E-state index in [-0.39, 0.29) is 11.6 Å². The van der Waals surface area contributed by atoms with Gasteiger partial charge < -0.3 is 10.2 Å². The molecule has 2 heterocycles. The van der Waals surface area contributed by atoms with Gasteiger partial charge in [-0.05, 0) is 6.07 Å². The van der Waals surface area contributed by atoms with E-state index in [4.69, 9.17) is 5.11 Å². The molecule has 0 fully saturated rings. The van der Waals surface area contributed by atoms with Crippen LogP contribution in [0.1, 0.15) is 0 Å². The highest BCUT2D eigenvalue weighted by atomic mass is 32.1. The lowest BCUT2D eigenvalue weighted by Crippen LogP contribution is -1.86. The Morgan fingerprint density at radius 3 is 2.81 bits per heavy atom. The third-order valence-corrected chi connectivity index (χ3v) is 4.03. The summed E-state index contributed by atoms with van der Waals surface area (Å²) < 4.78 is 0.845. The Bertz CT molecular complexity index is 660. The van der Waals surface area contributed by atoms with Crippen LogP contribution in [0, 0.1) is 0 Å². The van der Waals surface area contributed by atoms with Crippen molar-refractivity contribution in [3.8, 4) is 21.6 Å². The first-order valence-corrected chi connectivity index (χ1v) is 6.14. The lowest BCUT2D eigenvalue weighted by molar-refractivity contribution is -0.268. The van der Waals surface area contributed by atoms with Crippen molar-refractivity contribution in [3.05, 3.63) is 23.6 Å². The average Bonchev–Trinajstić information content (AvgIpc) is 2.83. The number of thiazole rings is 2. The van der Waals surface area contributed by atoms with Gasteiger partial charge in [-0.1, -0.05) is 12.1 Å². The van der Waals surface area contributed by atoms with Crippen LogP contribution < -0.4 is 5.11 Å². The molecule has 0 saturated carbocycles. The summed E-state index contributed by atoms with van der Waals surface area (Å²) in [4.78, 5) is 8.30. The number of fused-ring (bicyclic) bond motifs is 1. The minimum atomic E-state index is -0.0234. The maximum atomic E-state index is 11.2. The van der Waals surface area contributed by atoms with Crippen molar-refractivity contribution in [2.45, 2.75) is 0 Å². The highest BCUT2D eigenvalue weighted by Crippen LogP contribution is 2.34. The predicted octanol–water partition coefficient (Wildman–Crippen LogP) is 2.20. The van der Waals surface area contributed by atoms with Gasteiger partial charge in [0.2, 0.25) is 5.88 Å². The van der Waals surface area contributed by atoms with Crippen molar-refractivity contribution >= 4 is 32.9 Å². The van der Waals surface area contributed by atoms with Gasteiger partial charge in [-0.15, -0.1) is 28.4 Å². The number of hydrogen-bond donors (Lipinski definition) is 1. The first-order chi connectivity index (χ1) is 7.72. The molecule has 0 spiro atoms. The number of aromatic nitrogens is 2. The largest absolute Gasteiger partial charge is 0.872 e. The number of hydrogen-bond acceptors (Lipinski definition) is 6. The van der Waals surface area contributed by atoms with Gasteiger partial charge in [0.25, 0.3) is 0 Å². The third-order valence-electron chi connectivity index (χ3n) is 2.03. The zero-order chi connectivity index (χ0) is 11.1.